The zero-order valence-corrected chi connectivity index (χ0v) is 12.5. The van der Waals surface area contributed by atoms with E-state index in [9.17, 15) is 4.79 Å². The number of nitrogens with zero attached hydrogens (tertiary/aromatic N) is 2. The lowest BCUT2D eigenvalue weighted by atomic mass is 10.1. The van der Waals surface area contributed by atoms with Gasteiger partial charge in [-0.15, -0.1) is 0 Å². The standard InChI is InChI=1S/C17H19N3O2/c21-17-14-3-6-20(7-4-15(14)18-11-19-17)10-12-1-2-16-13(9-12)5-8-22-16/h1-2,9,11H,3-8,10H2,(H,18,19,21). The molecule has 1 aromatic heterocycles. The molecule has 0 atom stereocenters. The summed E-state index contributed by atoms with van der Waals surface area (Å²) in [4.78, 5) is 21.3. The first-order chi connectivity index (χ1) is 10.8. The van der Waals surface area contributed by atoms with Crippen molar-refractivity contribution >= 4 is 0 Å². The Hall–Kier alpha value is -2.14. The van der Waals surface area contributed by atoms with Gasteiger partial charge in [0.05, 0.1) is 18.6 Å². The average molecular weight is 297 g/mol. The zero-order valence-electron chi connectivity index (χ0n) is 12.5. The van der Waals surface area contributed by atoms with Crippen molar-refractivity contribution in [2.75, 3.05) is 19.7 Å². The molecule has 0 fully saturated rings. The molecule has 114 valence electrons. The highest BCUT2D eigenvalue weighted by Crippen LogP contribution is 2.26. The Balaban J connectivity index is 1.49. The molecule has 5 nitrogen and oxygen atoms in total. The van der Waals surface area contributed by atoms with Crippen molar-refractivity contribution in [1.29, 1.82) is 0 Å². The first-order valence-electron chi connectivity index (χ1n) is 7.82. The fraction of sp³-hybridized carbons (Fsp3) is 0.412. The minimum atomic E-state index is 0.0153. The van der Waals surface area contributed by atoms with Gasteiger partial charge in [-0.2, -0.15) is 0 Å². The third-order valence-electron chi connectivity index (χ3n) is 4.54. The number of rotatable bonds is 2. The molecule has 0 saturated carbocycles. The minimum absolute atomic E-state index is 0.0153. The zero-order chi connectivity index (χ0) is 14.9. The number of hydrogen-bond donors (Lipinski definition) is 1. The van der Waals surface area contributed by atoms with E-state index in [2.05, 4.69) is 33.1 Å². The minimum Gasteiger partial charge on any atom is -0.493 e. The topological polar surface area (TPSA) is 58.2 Å². The molecule has 2 aromatic rings. The molecular weight excluding hydrogens is 278 g/mol. The largest absolute Gasteiger partial charge is 0.493 e. The molecule has 22 heavy (non-hydrogen) atoms. The maximum atomic E-state index is 11.9. The van der Waals surface area contributed by atoms with E-state index in [4.69, 9.17) is 4.74 Å². The van der Waals surface area contributed by atoms with Crippen LogP contribution in [0, 0.1) is 0 Å². The monoisotopic (exact) mass is 297 g/mol. The lowest BCUT2D eigenvalue weighted by Crippen LogP contribution is -2.26. The number of aromatic nitrogens is 2. The number of benzene rings is 1. The number of hydrogen-bond acceptors (Lipinski definition) is 4. The van der Waals surface area contributed by atoms with Gasteiger partial charge >= 0.3 is 0 Å². The summed E-state index contributed by atoms with van der Waals surface area (Å²) in [6.07, 6.45) is 4.13. The summed E-state index contributed by atoms with van der Waals surface area (Å²) in [5, 5.41) is 0. The molecule has 5 heteroatoms. The Labute approximate surface area is 129 Å². The molecule has 0 amide bonds. The first kappa shape index (κ1) is 13.5. The van der Waals surface area contributed by atoms with Crippen molar-refractivity contribution in [2.24, 2.45) is 0 Å². The van der Waals surface area contributed by atoms with Crippen LogP contribution in [0.1, 0.15) is 22.4 Å². The van der Waals surface area contributed by atoms with E-state index >= 15 is 0 Å². The molecule has 4 rings (SSSR count). The Morgan fingerprint density at radius 2 is 2.14 bits per heavy atom. The highest BCUT2D eigenvalue weighted by atomic mass is 16.5. The Kier molecular flexibility index (Phi) is 3.42. The summed E-state index contributed by atoms with van der Waals surface area (Å²) in [6, 6.07) is 6.48. The van der Waals surface area contributed by atoms with E-state index < -0.39 is 0 Å². The van der Waals surface area contributed by atoms with E-state index in [1.165, 1.54) is 17.5 Å². The highest BCUT2D eigenvalue weighted by molar-refractivity contribution is 5.39. The molecule has 0 bridgehead atoms. The number of fused-ring (bicyclic) bond motifs is 2. The molecule has 2 aliphatic heterocycles. The van der Waals surface area contributed by atoms with Crippen LogP contribution in [0.3, 0.4) is 0 Å². The number of aromatic amines is 1. The summed E-state index contributed by atoms with van der Waals surface area (Å²) in [7, 11) is 0. The predicted octanol–water partition coefficient (Wildman–Crippen LogP) is 1.31. The van der Waals surface area contributed by atoms with E-state index in [0.717, 1.165) is 62.5 Å². The molecular formula is C17H19N3O2. The molecule has 0 aliphatic carbocycles. The van der Waals surface area contributed by atoms with Crippen molar-refractivity contribution in [2.45, 2.75) is 25.8 Å². The molecule has 2 aliphatic rings. The second kappa shape index (κ2) is 5.57. The second-order valence-corrected chi connectivity index (χ2v) is 5.97. The van der Waals surface area contributed by atoms with Gasteiger partial charge in [0.1, 0.15) is 5.75 Å². The van der Waals surface area contributed by atoms with Gasteiger partial charge in [-0.3, -0.25) is 9.69 Å². The first-order valence-corrected chi connectivity index (χ1v) is 7.82. The Morgan fingerprint density at radius 1 is 1.23 bits per heavy atom. The Bertz CT molecular complexity index is 754. The van der Waals surface area contributed by atoms with Gasteiger partial charge in [-0.25, -0.2) is 4.98 Å². The Morgan fingerprint density at radius 3 is 3.09 bits per heavy atom. The fourth-order valence-electron chi connectivity index (χ4n) is 3.34. The van der Waals surface area contributed by atoms with Gasteiger partial charge in [0.2, 0.25) is 0 Å². The van der Waals surface area contributed by atoms with Crippen LogP contribution < -0.4 is 10.3 Å². The van der Waals surface area contributed by atoms with Crippen molar-refractivity contribution in [3.8, 4) is 5.75 Å². The maximum absolute atomic E-state index is 11.9. The summed E-state index contributed by atoms with van der Waals surface area (Å²) in [6.45, 7) is 3.55. The second-order valence-electron chi connectivity index (χ2n) is 5.97. The quantitative estimate of drug-likeness (QED) is 0.908. The lowest BCUT2D eigenvalue weighted by molar-refractivity contribution is 0.278. The third kappa shape index (κ3) is 2.52. The number of H-pyrrole nitrogens is 1. The van der Waals surface area contributed by atoms with E-state index in [1.54, 1.807) is 0 Å². The summed E-state index contributed by atoms with van der Waals surface area (Å²) < 4.78 is 5.56. The average Bonchev–Trinajstić information content (AvgIpc) is 2.89. The predicted molar refractivity (Wildman–Crippen MR) is 83.2 cm³/mol. The van der Waals surface area contributed by atoms with Crippen LogP contribution in [-0.4, -0.2) is 34.6 Å². The normalized spacial score (nSPS) is 17.5. The van der Waals surface area contributed by atoms with Crippen LogP contribution in [0.15, 0.2) is 29.3 Å². The van der Waals surface area contributed by atoms with Crippen LogP contribution >= 0.6 is 0 Å². The molecule has 0 spiro atoms. The summed E-state index contributed by atoms with van der Waals surface area (Å²) >= 11 is 0. The number of nitrogens with one attached hydrogen (secondary N) is 1. The van der Waals surface area contributed by atoms with Gasteiger partial charge in [0, 0.05) is 38.0 Å². The van der Waals surface area contributed by atoms with Crippen LogP contribution in [0.2, 0.25) is 0 Å². The van der Waals surface area contributed by atoms with Crippen molar-refractivity contribution in [3.63, 3.8) is 0 Å². The van der Waals surface area contributed by atoms with Crippen molar-refractivity contribution in [3.05, 3.63) is 57.3 Å². The highest BCUT2D eigenvalue weighted by Gasteiger charge is 2.18. The third-order valence-corrected chi connectivity index (χ3v) is 4.54. The van der Waals surface area contributed by atoms with Crippen LogP contribution in [-0.2, 0) is 25.8 Å². The van der Waals surface area contributed by atoms with Crippen LogP contribution in [0.4, 0.5) is 0 Å². The van der Waals surface area contributed by atoms with Gasteiger partial charge < -0.3 is 9.72 Å². The SMILES string of the molecule is O=c1[nH]cnc2c1CCN(Cc1ccc3c(c1)CCO3)CC2. The van der Waals surface area contributed by atoms with Crippen molar-refractivity contribution in [1.82, 2.24) is 14.9 Å². The fourth-order valence-corrected chi connectivity index (χ4v) is 3.34. The van der Waals surface area contributed by atoms with E-state index in [-0.39, 0.29) is 5.56 Å². The van der Waals surface area contributed by atoms with Crippen molar-refractivity contribution < 1.29 is 4.74 Å². The molecule has 0 saturated heterocycles. The maximum Gasteiger partial charge on any atom is 0.254 e. The number of ether oxygens (including phenoxy) is 1. The molecule has 0 unspecified atom stereocenters. The van der Waals surface area contributed by atoms with Gasteiger partial charge in [0.25, 0.3) is 5.56 Å². The van der Waals surface area contributed by atoms with Gasteiger partial charge in [0.15, 0.2) is 0 Å². The van der Waals surface area contributed by atoms with E-state index in [1.807, 2.05) is 0 Å². The smallest absolute Gasteiger partial charge is 0.254 e. The summed E-state index contributed by atoms with van der Waals surface area (Å²) in [5.74, 6) is 1.03. The molecule has 1 N–H and O–H groups in total. The molecule has 0 radical (unpaired) electrons. The lowest BCUT2D eigenvalue weighted by Gasteiger charge is -2.19. The molecule has 3 heterocycles. The van der Waals surface area contributed by atoms with Crippen LogP contribution in [0.25, 0.3) is 0 Å². The van der Waals surface area contributed by atoms with Gasteiger partial charge in [-0.05, 0) is 23.6 Å². The van der Waals surface area contributed by atoms with Crippen LogP contribution in [0.5, 0.6) is 5.75 Å². The summed E-state index contributed by atoms with van der Waals surface area (Å²) in [5.41, 5.74) is 4.45. The van der Waals surface area contributed by atoms with Gasteiger partial charge in [-0.1, -0.05) is 12.1 Å². The molecule has 1 aromatic carbocycles. The van der Waals surface area contributed by atoms with E-state index in [0.29, 0.717) is 0 Å².